The summed E-state index contributed by atoms with van der Waals surface area (Å²) in [4.78, 5) is 14.9. The van der Waals surface area contributed by atoms with Gasteiger partial charge >= 0.3 is 0 Å². The Labute approximate surface area is 123 Å². The first-order valence-corrected chi connectivity index (χ1v) is 7.23. The van der Waals surface area contributed by atoms with Gasteiger partial charge in [0.1, 0.15) is 0 Å². The second-order valence-electron chi connectivity index (χ2n) is 4.74. The lowest BCUT2D eigenvalue weighted by molar-refractivity contribution is 0.122. The number of hydrogen-bond donors (Lipinski definition) is 4. The fourth-order valence-electron chi connectivity index (χ4n) is 2.03. The Balaban J connectivity index is 1.96. The van der Waals surface area contributed by atoms with E-state index in [0.717, 1.165) is 38.9 Å². The molecule has 1 aromatic heterocycles. The van der Waals surface area contributed by atoms with Crippen molar-refractivity contribution in [2.75, 3.05) is 55.1 Å². The minimum absolute atomic E-state index is 0.230. The van der Waals surface area contributed by atoms with Gasteiger partial charge in [-0.15, -0.1) is 0 Å². The van der Waals surface area contributed by atoms with E-state index in [0.29, 0.717) is 31.1 Å². The molecule has 9 heteroatoms. The number of unbranched alkanes of at least 4 members (excludes halogenated alkanes) is 2. The van der Waals surface area contributed by atoms with Crippen molar-refractivity contribution >= 4 is 17.8 Å². The quantitative estimate of drug-likeness (QED) is 0.287. The first-order valence-electron chi connectivity index (χ1n) is 7.23. The van der Waals surface area contributed by atoms with E-state index in [-0.39, 0.29) is 6.61 Å². The predicted octanol–water partition coefficient (Wildman–Crippen LogP) is -0.432. The van der Waals surface area contributed by atoms with Crippen LogP contribution in [0.4, 0.5) is 17.8 Å². The maximum Gasteiger partial charge on any atom is 0.243 e. The molecule has 1 aliphatic rings. The van der Waals surface area contributed by atoms with E-state index in [1.54, 1.807) is 0 Å². The molecule has 0 unspecified atom stereocenters. The summed E-state index contributed by atoms with van der Waals surface area (Å²) in [6.07, 6.45) is 2.73. The number of rotatable bonds is 8. The topological polar surface area (TPSA) is 121 Å². The van der Waals surface area contributed by atoms with Crippen molar-refractivity contribution in [3.63, 3.8) is 0 Å². The van der Waals surface area contributed by atoms with Gasteiger partial charge < -0.3 is 20.1 Å². The molecular formula is C12H23N7O2. The summed E-state index contributed by atoms with van der Waals surface area (Å²) in [5, 5.41) is 11.9. The molecule has 5 N–H and O–H groups in total. The molecule has 21 heavy (non-hydrogen) atoms. The van der Waals surface area contributed by atoms with Crippen molar-refractivity contribution in [1.29, 1.82) is 0 Å². The van der Waals surface area contributed by atoms with Crippen LogP contribution in [0.2, 0.25) is 0 Å². The largest absolute Gasteiger partial charge is 0.396 e. The van der Waals surface area contributed by atoms with Gasteiger partial charge in [-0.3, -0.25) is 5.43 Å². The Morgan fingerprint density at radius 3 is 2.57 bits per heavy atom. The highest BCUT2D eigenvalue weighted by Crippen LogP contribution is 2.14. The van der Waals surface area contributed by atoms with Crippen LogP contribution in [-0.2, 0) is 4.74 Å². The monoisotopic (exact) mass is 297 g/mol. The van der Waals surface area contributed by atoms with Gasteiger partial charge in [0, 0.05) is 26.2 Å². The van der Waals surface area contributed by atoms with Gasteiger partial charge in [-0.05, 0) is 19.3 Å². The lowest BCUT2D eigenvalue weighted by Crippen LogP contribution is -2.37. The number of nitrogens with one attached hydrogen (secondary N) is 2. The number of anilines is 3. The Morgan fingerprint density at radius 2 is 1.86 bits per heavy atom. The SMILES string of the molecule is NNc1nc(NCCCCCO)nc(N2CCOCC2)n1. The van der Waals surface area contributed by atoms with Crippen LogP contribution in [0.5, 0.6) is 0 Å². The first-order chi connectivity index (χ1) is 10.3. The van der Waals surface area contributed by atoms with Crippen LogP contribution < -0.4 is 21.5 Å². The maximum atomic E-state index is 8.74. The fraction of sp³-hybridized carbons (Fsp3) is 0.750. The molecule has 0 aliphatic carbocycles. The molecule has 0 aromatic carbocycles. The van der Waals surface area contributed by atoms with E-state index >= 15 is 0 Å². The highest BCUT2D eigenvalue weighted by molar-refractivity contribution is 5.43. The molecule has 0 spiro atoms. The second kappa shape index (κ2) is 8.55. The zero-order valence-corrected chi connectivity index (χ0v) is 12.1. The van der Waals surface area contributed by atoms with Crippen molar-refractivity contribution in [1.82, 2.24) is 15.0 Å². The van der Waals surface area contributed by atoms with Crippen LogP contribution in [0.1, 0.15) is 19.3 Å². The van der Waals surface area contributed by atoms with Gasteiger partial charge in [0.05, 0.1) is 13.2 Å². The maximum absolute atomic E-state index is 8.74. The molecule has 0 bridgehead atoms. The predicted molar refractivity (Wildman–Crippen MR) is 80.1 cm³/mol. The normalized spacial score (nSPS) is 15.0. The number of aliphatic hydroxyl groups excluding tert-OH is 1. The lowest BCUT2D eigenvalue weighted by Gasteiger charge is -2.27. The lowest BCUT2D eigenvalue weighted by atomic mass is 10.2. The molecule has 2 rings (SSSR count). The van der Waals surface area contributed by atoms with Crippen molar-refractivity contribution in [3.05, 3.63) is 0 Å². The van der Waals surface area contributed by atoms with Gasteiger partial charge in [-0.1, -0.05) is 0 Å². The van der Waals surface area contributed by atoms with Crippen LogP contribution in [0.25, 0.3) is 0 Å². The molecule has 1 aromatic rings. The van der Waals surface area contributed by atoms with Crippen LogP contribution >= 0.6 is 0 Å². The summed E-state index contributed by atoms with van der Waals surface area (Å²) in [6, 6.07) is 0. The summed E-state index contributed by atoms with van der Waals surface area (Å²) >= 11 is 0. The second-order valence-corrected chi connectivity index (χ2v) is 4.74. The number of morpholine rings is 1. The minimum Gasteiger partial charge on any atom is -0.396 e. The van der Waals surface area contributed by atoms with E-state index in [2.05, 4.69) is 25.7 Å². The summed E-state index contributed by atoms with van der Waals surface area (Å²) in [5.41, 5.74) is 2.46. The van der Waals surface area contributed by atoms with Crippen LogP contribution in [0, 0.1) is 0 Å². The summed E-state index contributed by atoms with van der Waals surface area (Å²) in [6.45, 7) is 3.82. The number of aliphatic hydroxyl groups is 1. The average molecular weight is 297 g/mol. The van der Waals surface area contributed by atoms with E-state index < -0.39 is 0 Å². The Morgan fingerprint density at radius 1 is 1.10 bits per heavy atom. The zero-order valence-electron chi connectivity index (χ0n) is 12.1. The first kappa shape index (κ1) is 15.7. The Hall–Kier alpha value is -1.71. The number of nitrogens with zero attached hydrogens (tertiary/aromatic N) is 4. The van der Waals surface area contributed by atoms with Crippen LogP contribution in [0.3, 0.4) is 0 Å². The summed E-state index contributed by atoms with van der Waals surface area (Å²) in [7, 11) is 0. The number of nitrogen functional groups attached to an aromatic ring is 1. The van der Waals surface area contributed by atoms with Gasteiger partial charge in [0.2, 0.25) is 17.8 Å². The van der Waals surface area contributed by atoms with Gasteiger partial charge in [-0.2, -0.15) is 15.0 Å². The molecular weight excluding hydrogens is 274 g/mol. The number of aromatic nitrogens is 3. The molecule has 0 saturated carbocycles. The number of hydrazine groups is 1. The van der Waals surface area contributed by atoms with Crippen molar-refractivity contribution in [2.45, 2.75) is 19.3 Å². The smallest absolute Gasteiger partial charge is 0.243 e. The molecule has 9 nitrogen and oxygen atoms in total. The van der Waals surface area contributed by atoms with E-state index in [9.17, 15) is 0 Å². The molecule has 0 atom stereocenters. The highest BCUT2D eigenvalue weighted by Gasteiger charge is 2.16. The highest BCUT2D eigenvalue weighted by atomic mass is 16.5. The molecule has 1 saturated heterocycles. The van der Waals surface area contributed by atoms with Crippen LogP contribution in [-0.4, -0.2) is 59.5 Å². The molecule has 1 aliphatic heterocycles. The third kappa shape index (κ3) is 4.96. The fourth-order valence-corrected chi connectivity index (χ4v) is 2.03. The van der Waals surface area contributed by atoms with Gasteiger partial charge in [-0.25, -0.2) is 5.84 Å². The van der Waals surface area contributed by atoms with Crippen molar-refractivity contribution in [2.24, 2.45) is 5.84 Å². The van der Waals surface area contributed by atoms with Gasteiger partial charge in [0.25, 0.3) is 0 Å². The van der Waals surface area contributed by atoms with Gasteiger partial charge in [0.15, 0.2) is 0 Å². The van der Waals surface area contributed by atoms with Crippen molar-refractivity contribution < 1.29 is 9.84 Å². The molecule has 1 fully saturated rings. The Bertz CT molecular complexity index is 426. The third-order valence-electron chi connectivity index (χ3n) is 3.16. The molecule has 0 radical (unpaired) electrons. The van der Waals surface area contributed by atoms with Crippen LogP contribution in [0.15, 0.2) is 0 Å². The summed E-state index contributed by atoms with van der Waals surface area (Å²) in [5.74, 6) is 6.85. The molecule has 2 heterocycles. The standard InChI is InChI=1S/C12H23N7O2/c13-18-11-15-10(14-4-2-1-3-7-20)16-12(17-11)19-5-8-21-9-6-19/h20H,1-9,13H2,(H2,14,15,16,17,18). The minimum atomic E-state index is 0.230. The van der Waals surface area contributed by atoms with E-state index in [1.165, 1.54) is 0 Å². The third-order valence-corrected chi connectivity index (χ3v) is 3.16. The van der Waals surface area contributed by atoms with Crippen molar-refractivity contribution in [3.8, 4) is 0 Å². The number of nitrogens with two attached hydrogens (primary N) is 1. The Kier molecular flexibility index (Phi) is 6.38. The zero-order chi connectivity index (χ0) is 14.9. The number of hydrogen-bond acceptors (Lipinski definition) is 9. The number of ether oxygens (including phenoxy) is 1. The average Bonchev–Trinajstić information content (AvgIpc) is 2.55. The van der Waals surface area contributed by atoms with E-state index in [4.69, 9.17) is 15.7 Å². The molecule has 118 valence electrons. The van der Waals surface area contributed by atoms with E-state index in [1.807, 2.05) is 4.90 Å². The molecule has 0 amide bonds. The summed E-state index contributed by atoms with van der Waals surface area (Å²) < 4.78 is 5.32.